The van der Waals surface area contributed by atoms with Crippen LogP contribution in [0.1, 0.15) is 6.42 Å². The lowest BCUT2D eigenvalue weighted by Crippen LogP contribution is -2.26. The highest BCUT2D eigenvalue weighted by Crippen LogP contribution is 2.25. The number of aryl methyl sites for hydroxylation is 1. The molecule has 0 unspecified atom stereocenters. The minimum atomic E-state index is -3.94. The molecular weight excluding hydrogens is 363 g/mol. The fourth-order valence-electron chi connectivity index (χ4n) is 1.74. The van der Waals surface area contributed by atoms with Gasteiger partial charge in [0.05, 0.1) is 10.8 Å². The van der Waals surface area contributed by atoms with Crippen LogP contribution < -0.4 is 10.5 Å². The van der Waals surface area contributed by atoms with Crippen LogP contribution in [0.25, 0.3) is 0 Å². The van der Waals surface area contributed by atoms with Crippen molar-refractivity contribution in [3.63, 3.8) is 0 Å². The lowest BCUT2D eigenvalue weighted by atomic mass is 10.3. The van der Waals surface area contributed by atoms with Gasteiger partial charge >= 0.3 is 0 Å². The van der Waals surface area contributed by atoms with Crippen LogP contribution in [0.2, 0.25) is 0 Å². The molecule has 0 aliphatic carbocycles. The van der Waals surface area contributed by atoms with Gasteiger partial charge in [-0.1, -0.05) is 0 Å². The largest absolute Gasteiger partial charge is 0.399 e. The molecule has 114 valence electrons. The molecule has 0 aliphatic heterocycles. The lowest BCUT2D eigenvalue weighted by molar-refractivity contribution is 0.548. The van der Waals surface area contributed by atoms with Gasteiger partial charge in [0.1, 0.15) is 4.90 Å². The number of nitrogens with one attached hydrogen (secondary N) is 1. The summed E-state index contributed by atoms with van der Waals surface area (Å²) in [5.41, 5.74) is 5.71. The molecular formula is C12H14BrFN4O2S. The first-order chi connectivity index (χ1) is 9.90. The van der Waals surface area contributed by atoms with Crippen molar-refractivity contribution in [3.05, 3.63) is 41.1 Å². The van der Waals surface area contributed by atoms with E-state index in [0.717, 1.165) is 6.07 Å². The van der Waals surface area contributed by atoms with Gasteiger partial charge in [0.25, 0.3) is 0 Å². The van der Waals surface area contributed by atoms with Crippen LogP contribution in [-0.4, -0.2) is 24.5 Å². The predicted molar refractivity (Wildman–Crippen MR) is 80.5 cm³/mol. The zero-order valence-corrected chi connectivity index (χ0v) is 13.4. The molecule has 0 saturated carbocycles. The van der Waals surface area contributed by atoms with Gasteiger partial charge < -0.3 is 10.3 Å². The molecule has 0 fully saturated rings. The molecule has 0 amide bonds. The quantitative estimate of drug-likeness (QED) is 0.593. The van der Waals surface area contributed by atoms with Gasteiger partial charge in [-0.05, 0) is 34.5 Å². The van der Waals surface area contributed by atoms with E-state index in [0.29, 0.717) is 13.0 Å². The number of nitrogen functional groups attached to an aromatic ring is 1. The molecule has 1 heterocycles. The SMILES string of the molecule is Nc1cc(Br)c(F)c(S(=O)(=O)NCCCn2ccnc2)c1. The summed E-state index contributed by atoms with van der Waals surface area (Å²) in [5.74, 6) is -0.855. The van der Waals surface area contributed by atoms with Gasteiger partial charge in [0.2, 0.25) is 10.0 Å². The van der Waals surface area contributed by atoms with Crippen molar-refractivity contribution >= 4 is 31.6 Å². The van der Waals surface area contributed by atoms with Crippen molar-refractivity contribution < 1.29 is 12.8 Å². The Morgan fingerprint density at radius 1 is 1.43 bits per heavy atom. The van der Waals surface area contributed by atoms with E-state index in [1.807, 2.05) is 4.57 Å². The van der Waals surface area contributed by atoms with Crippen LogP contribution in [0.4, 0.5) is 10.1 Å². The minimum Gasteiger partial charge on any atom is -0.399 e. The number of hydrogen-bond donors (Lipinski definition) is 2. The number of imidazole rings is 1. The monoisotopic (exact) mass is 376 g/mol. The number of hydrogen-bond acceptors (Lipinski definition) is 4. The van der Waals surface area contributed by atoms with Gasteiger partial charge in [-0.15, -0.1) is 0 Å². The molecule has 0 bridgehead atoms. The van der Waals surface area contributed by atoms with Crippen LogP contribution in [0.5, 0.6) is 0 Å². The third kappa shape index (κ3) is 4.02. The van der Waals surface area contributed by atoms with E-state index in [1.54, 1.807) is 18.7 Å². The number of aromatic nitrogens is 2. The maximum atomic E-state index is 13.9. The fraction of sp³-hybridized carbons (Fsp3) is 0.250. The van der Waals surface area contributed by atoms with Crippen LogP contribution >= 0.6 is 15.9 Å². The zero-order chi connectivity index (χ0) is 15.5. The third-order valence-corrected chi connectivity index (χ3v) is 4.79. The molecule has 2 rings (SSSR count). The number of nitrogens with zero attached hydrogens (tertiary/aromatic N) is 2. The number of sulfonamides is 1. The Hall–Kier alpha value is -1.45. The Labute approximate surface area is 130 Å². The highest BCUT2D eigenvalue weighted by Gasteiger charge is 2.21. The first kappa shape index (κ1) is 15.9. The van der Waals surface area contributed by atoms with E-state index < -0.39 is 20.7 Å². The Kier molecular flexibility index (Phi) is 4.96. The van der Waals surface area contributed by atoms with Crippen molar-refractivity contribution in [2.75, 3.05) is 12.3 Å². The topological polar surface area (TPSA) is 90.0 Å². The maximum absolute atomic E-state index is 13.9. The maximum Gasteiger partial charge on any atom is 0.243 e. The van der Waals surface area contributed by atoms with E-state index in [2.05, 4.69) is 25.6 Å². The number of nitrogens with two attached hydrogens (primary N) is 1. The van der Waals surface area contributed by atoms with Crippen LogP contribution in [0.15, 0.2) is 40.2 Å². The summed E-state index contributed by atoms with van der Waals surface area (Å²) in [6.07, 6.45) is 5.62. The number of anilines is 1. The molecule has 9 heteroatoms. The second kappa shape index (κ2) is 6.54. The Morgan fingerprint density at radius 3 is 2.86 bits per heavy atom. The molecule has 0 radical (unpaired) electrons. The summed E-state index contributed by atoms with van der Waals surface area (Å²) in [5, 5.41) is 0. The molecule has 0 aliphatic rings. The van der Waals surface area contributed by atoms with E-state index in [9.17, 15) is 12.8 Å². The normalized spacial score (nSPS) is 11.7. The molecule has 0 spiro atoms. The van der Waals surface area contributed by atoms with Gasteiger partial charge in [0, 0.05) is 31.2 Å². The molecule has 1 aromatic carbocycles. The first-order valence-electron chi connectivity index (χ1n) is 6.10. The highest BCUT2D eigenvalue weighted by molar-refractivity contribution is 9.10. The Bertz CT molecular complexity index is 719. The Balaban J connectivity index is 2.02. The zero-order valence-electron chi connectivity index (χ0n) is 11.0. The van der Waals surface area contributed by atoms with Gasteiger partial charge in [-0.3, -0.25) is 0 Å². The van der Waals surface area contributed by atoms with Crippen molar-refractivity contribution in [1.82, 2.24) is 14.3 Å². The summed E-state index contributed by atoms with van der Waals surface area (Å²) >= 11 is 2.94. The number of rotatable bonds is 6. The lowest BCUT2D eigenvalue weighted by Gasteiger charge is -2.09. The van der Waals surface area contributed by atoms with E-state index in [-0.39, 0.29) is 16.7 Å². The third-order valence-electron chi connectivity index (χ3n) is 2.75. The van der Waals surface area contributed by atoms with Crippen molar-refractivity contribution in [1.29, 1.82) is 0 Å². The molecule has 0 atom stereocenters. The summed E-state index contributed by atoms with van der Waals surface area (Å²) < 4.78 is 42.2. The molecule has 0 saturated heterocycles. The molecule has 6 nitrogen and oxygen atoms in total. The summed E-state index contributed by atoms with van der Waals surface area (Å²) in [7, 11) is -3.94. The van der Waals surface area contributed by atoms with Crippen molar-refractivity contribution in [3.8, 4) is 0 Å². The smallest absolute Gasteiger partial charge is 0.243 e. The van der Waals surface area contributed by atoms with E-state index in [4.69, 9.17) is 5.73 Å². The van der Waals surface area contributed by atoms with Crippen LogP contribution in [0.3, 0.4) is 0 Å². The highest BCUT2D eigenvalue weighted by atomic mass is 79.9. The first-order valence-corrected chi connectivity index (χ1v) is 8.37. The van der Waals surface area contributed by atoms with E-state index in [1.165, 1.54) is 6.07 Å². The fourth-order valence-corrected chi connectivity index (χ4v) is 3.56. The summed E-state index contributed by atoms with van der Waals surface area (Å²) in [4.78, 5) is 3.42. The molecule has 21 heavy (non-hydrogen) atoms. The minimum absolute atomic E-state index is 0.0151. The van der Waals surface area contributed by atoms with Crippen molar-refractivity contribution in [2.45, 2.75) is 17.9 Å². The summed E-state index contributed by atoms with van der Waals surface area (Å²) in [6, 6.07) is 2.41. The molecule has 1 aromatic heterocycles. The molecule has 3 N–H and O–H groups in total. The van der Waals surface area contributed by atoms with Crippen molar-refractivity contribution in [2.24, 2.45) is 0 Å². The average molecular weight is 377 g/mol. The van der Waals surface area contributed by atoms with E-state index >= 15 is 0 Å². The second-order valence-electron chi connectivity index (χ2n) is 4.37. The Morgan fingerprint density at radius 2 is 2.19 bits per heavy atom. The summed E-state index contributed by atoms with van der Waals surface area (Å²) in [6.45, 7) is 0.804. The van der Waals surface area contributed by atoms with Gasteiger partial charge in [-0.2, -0.15) is 0 Å². The van der Waals surface area contributed by atoms with Gasteiger partial charge in [-0.25, -0.2) is 22.5 Å². The second-order valence-corrected chi connectivity index (χ2v) is 6.96. The molecule has 2 aromatic rings. The standard InChI is InChI=1S/C12H14BrFN4O2S/c13-10-6-9(15)7-11(12(10)14)21(19,20)17-2-1-4-18-5-3-16-8-18/h3,5-8,17H,1-2,4,15H2. The average Bonchev–Trinajstić information content (AvgIpc) is 2.92. The van der Waals surface area contributed by atoms with Crippen LogP contribution in [0, 0.1) is 5.82 Å². The van der Waals surface area contributed by atoms with Crippen LogP contribution in [-0.2, 0) is 16.6 Å². The number of halogens is 2. The predicted octanol–water partition coefficient (Wildman–Crippen LogP) is 1.74. The van der Waals surface area contributed by atoms with Gasteiger partial charge in [0.15, 0.2) is 5.82 Å². The number of benzene rings is 1.